The van der Waals surface area contributed by atoms with E-state index in [1.165, 1.54) is 14.0 Å². The molecule has 14 nitrogen and oxygen atoms in total. The Balaban J connectivity index is 2.13. The molecule has 2 rings (SSSR count). The Morgan fingerprint density at radius 3 is 2.68 bits per heavy atom. The molecule has 1 aliphatic heterocycles. The Morgan fingerprint density at radius 2 is 2.13 bits per heavy atom. The summed E-state index contributed by atoms with van der Waals surface area (Å²) in [5.41, 5.74) is -1.31. The smallest absolute Gasteiger partial charge is 0.410 e. The number of halogens is 2. The van der Waals surface area contributed by atoms with Gasteiger partial charge < -0.3 is 25.2 Å². The molecule has 1 aromatic heterocycles. The van der Waals surface area contributed by atoms with Gasteiger partial charge in [0.1, 0.15) is 11.9 Å². The number of nitrogens with one attached hydrogen (secondary N) is 3. The fourth-order valence-electron chi connectivity index (χ4n) is 2.61. The molecule has 0 aromatic carbocycles. The molecule has 2 amide bonds. The number of ether oxygens (including phenoxy) is 1. The largest absolute Gasteiger partial charge is 0.465 e. The van der Waals surface area contributed by atoms with Crippen LogP contribution >= 0.6 is 7.75 Å². The van der Waals surface area contributed by atoms with Crippen molar-refractivity contribution in [2.75, 3.05) is 19.0 Å². The number of aromatic nitrogens is 2. The van der Waals surface area contributed by atoms with Gasteiger partial charge in [-0.15, -0.1) is 0 Å². The SMILES string of the molecule is CNC(=O)[C@H](C)NP(=O)(O)OC[C@H]1O[C@@H](n2ccc(NC(=O)O)nc2=O)C(F)(F)[C@@H]1O. The van der Waals surface area contributed by atoms with E-state index in [9.17, 15) is 37.7 Å². The topological polar surface area (TPSA) is 201 Å². The summed E-state index contributed by atoms with van der Waals surface area (Å²) in [7, 11) is -3.36. The van der Waals surface area contributed by atoms with Crippen molar-refractivity contribution in [2.45, 2.75) is 37.3 Å². The third-order valence-corrected chi connectivity index (χ3v) is 5.32. The second-order valence-corrected chi connectivity index (χ2v) is 7.92. The molecule has 17 heteroatoms. The lowest BCUT2D eigenvalue weighted by atomic mass is 10.1. The van der Waals surface area contributed by atoms with Crippen molar-refractivity contribution in [3.8, 4) is 0 Å². The molecule has 6 N–H and O–H groups in total. The van der Waals surface area contributed by atoms with Gasteiger partial charge in [0.05, 0.1) is 12.6 Å². The van der Waals surface area contributed by atoms with Gasteiger partial charge in [0.15, 0.2) is 6.10 Å². The first-order chi connectivity index (χ1) is 14.3. The zero-order chi connectivity index (χ0) is 23.6. The monoisotopic (exact) mass is 471 g/mol. The summed E-state index contributed by atoms with van der Waals surface area (Å²) < 4.78 is 50.9. The molecule has 0 saturated carbocycles. The molecular formula is C14H20F2N5O9P. The molecule has 31 heavy (non-hydrogen) atoms. The highest BCUT2D eigenvalue weighted by atomic mass is 31.2. The van der Waals surface area contributed by atoms with E-state index in [2.05, 4.69) is 14.8 Å². The van der Waals surface area contributed by atoms with Gasteiger partial charge in [0, 0.05) is 13.2 Å². The summed E-state index contributed by atoms with van der Waals surface area (Å²) in [5, 5.41) is 24.4. The second kappa shape index (κ2) is 9.33. The van der Waals surface area contributed by atoms with E-state index in [0.717, 1.165) is 12.3 Å². The number of carbonyl (C=O) groups is 2. The molecule has 0 radical (unpaired) electrons. The van der Waals surface area contributed by atoms with Gasteiger partial charge in [-0.05, 0) is 13.0 Å². The summed E-state index contributed by atoms with van der Waals surface area (Å²) in [4.78, 5) is 47.0. The Labute approximate surface area is 172 Å². The number of rotatable bonds is 8. The predicted molar refractivity (Wildman–Crippen MR) is 97.5 cm³/mol. The minimum atomic E-state index is -4.65. The zero-order valence-electron chi connectivity index (χ0n) is 16.1. The van der Waals surface area contributed by atoms with Gasteiger partial charge in [-0.3, -0.25) is 19.2 Å². The zero-order valence-corrected chi connectivity index (χ0v) is 17.0. The van der Waals surface area contributed by atoms with Crippen LogP contribution in [0.15, 0.2) is 17.1 Å². The molecule has 0 spiro atoms. The lowest BCUT2D eigenvalue weighted by Gasteiger charge is -2.21. The maximum absolute atomic E-state index is 14.5. The quantitative estimate of drug-likeness (QED) is 0.256. The van der Waals surface area contributed by atoms with Crippen molar-refractivity contribution in [3.05, 3.63) is 22.7 Å². The van der Waals surface area contributed by atoms with Crippen molar-refractivity contribution in [1.82, 2.24) is 20.0 Å². The minimum absolute atomic E-state index is 0.320. The fraction of sp³-hybridized carbons (Fsp3) is 0.571. The number of likely N-dealkylation sites (N-methyl/N-ethyl adjacent to an activating group) is 1. The fourth-order valence-corrected chi connectivity index (χ4v) is 3.64. The summed E-state index contributed by atoms with van der Waals surface area (Å²) in [5.74, 6) is -5.11. The molecule has 1 fully saturated rings. The number of carboxylic acid groups (broad SMARTS) is 1. The Hall–Kier alpha value is -2.49. The Kier molecular flexibility index (Phi) is 7.46. The van der Waals surface area contributed by atoms with E-state index in [1.54, 1.807) is 5.32 Å². The average Bonchev–Trinajstić information content (AvgIpc) is 2.88. The molecule has 1 aromatic rings. The summed E-state index contributed by atoms with van der Waals surface area (Å²) in [6, 6.07) is -0.246. The van der Waals surface area contributed by atoms with E-state index < -0.39 is 68.3 Å². The van der Waals surface area contributed by atoms with E-state index in [4.69, 9.17) is 9.84 Å². The number of amides is 2. The Morgan fingerprint density at radius 1 is 1.48 bits per heavy atom. The van der Waals surface area contributed by atoms with E-state index in [1.807, 2.05) is 5.09 Å². The highest BCUT2D eigenvalue weighted by Crippen LogP contribution is 2.44. The van der Waals surface area contributed by atoms with Gasteiger partial charge >= 0.3 is 25.5 Å². The molecule has 2 heterocycles. The summed E-state index contributed by atoms with van der Waals surface area (Å²) in [6.45, 7) is 0.258. The van der Waals surface area contributed by atoms with Crippen LogP contribution in [0.3, 0.4) is 0 Å². The molecule has 0 aliphatic carbocycles. The number of anilines is 1. The van der Waals surface area contributed by atoms with Crippen LogP contribution in [0.2, 0.25) is 0 Å². The van der Waals surface area contributed by atoms with Crippen LogP contribution < -0.4 is 21.4 Å². The maximum Gasteiger partial charge on any atom is 0.410 e. The molecule has 5 atom stereocenters. The van der Waals surface area contributed by atoms with Crippen molar-refractivity contribution in [2.24, 2.45) is 0 Å². The first kappa shape index (κ1) is 24.8. The average molecular weight is 471 g/mol. The first-order valence-electron chi connectivity index (χ1n) is 8.55. The van der Waals surface area contributed by atoms with E-state index in [-0.39, 0.29) is 0 Å². The van der Waals surface area contributed by atoms with E-state index in [0.29, 0.717) is 4.57 Å². The van der Waals surface area contributed by atoms with Gasteiger partial charge in [-0.2, -0.15) is 13.8 Å². The highest BCUT2D eigenvalue weighted by Gasteiger charge is 2.60. The minimum Gasteiger partial charge on any atom is -0.465 e. The lowest BCUT2D eigenvalue weighted by Crippen LogP contribution is -2.42. The second-order valence-electron chi connectivity index (χ2n) is 6.36. The van der Waals surface area contributed by atoms with Crippen LogP contribution in [0.25, 0.3) is 0 Å². The number of carbonyl (C=O) groups excluding carboxylic acids is 1. The van der Waals surface area contributed by atoms with Gasteiger partial charge in [-0.25, -0.2) is 19.2 Å². The van der Waals surface area contributed by atoms with Gasteiger partial charge in [0.25, 0.3) is 0 Å². The number of aliphatic hydroxyl groups excluding tert-OH is 1. The van der Waals surface area contributed by atoms with Crippen LogP contribution in [-0.4, -0.2) is 74.5 Å². The number of nitrogens with zero attached hydrogens (tertiary/aromatic N) is 2. The molecule has 1 aliphatic rings. The van der Waals surface area contributed by atoms with Crippen molar-refractivity contribution in [3.63, 3.8) is 0 Å². The van der Waals surface area contributed by atoms with Crippen LogP contribution in [0.5, 0.6) is 0 Å². The molecule has 174 valence electrons. The lowest BCUT2D eigenvalue weighted by molar-refractivity contribution is -0.140. The van der Waals surface area contributed by atoms with Crippen LogP contribution in [0.4, 0.5) is 19.4 Å². The predicted octanol–water partition coefficient (Wildman–Crippen LogP) is -0.932. The van der Waals surface area contributed by atoms with E-state index >= 15 is 0 Å². The third-order valence-electron chi connectivity index (χ3n) is 4.11. The van der Waals surface area contributed by atoms with Crippen LogP contribution in [0, 0.1) is 0 Å². The standard InChI is InChI=1S/C14H20F2N5O9P/c1-6(10(23)17-2)20-31(27,28)29-5-7-9(22)14(15,16)11(30-7)21-4-3-8(18-12(21)24)19-13(25)26/h3-4,6-7,9,11,22H,5H2,1-2H3,(H,17,23)(H,25,26)(H,18,19,24)(H2,20,27,28)/t6-,7+,9+,11+/m0/s1. The van der Waals surface area contributed by atoms with Gasteiger partial charge in [0.2, 0.25) is 12.1 Å². The van der Waals surface area contributed by atoms with Crippen LogP contribution in [0.1, 0.15) is 13.2 Å². The van der Waals surface area contributed by atoms with Crippen molar-refractivity contribution < 1.29 is 47.3 Å². The molecule has 0 bridgehead atoms. The number of hydrogen-bond acceptors (Lipinski definition) is 8. The molecular weight excluding hydrogens is 451 g/mol. The normalized spacial score (nSPS) is 25.4. The molecule has 1 saturated heterocycles. The number of hydrogen-bond donors (Lipinski definition) is 6. The van der Waals surface area contributed by atoms with Gasteiger partial charge in [-0.1, -0.05) is 0 Å². The number of alkyl halides is 2. The highest BCUT2D eigenvalue weighted by molar-refractivity contribution is 7.50. The molecule has 1 unspecified atom stereocenters. The van der Waals surface area contributed by atoms with Crippen molar-refractivity contribution in [1.29, 1.82) is 0 Å². The van der Waals surface area contributed by atoms with Crippen molar-refractivity contribution >= 4 is 25.6 Å². The summed E-state index contributed by atoms with van der Waals surface area (Å²) >= 11 is 0. The Bertz CT molecular complexity index is 945. The third kappa shape index (κ3) is 5.81. The number of aliphatic hydroxyl groups is 1. The maximum atomic E-state index is 14.5. The van der Waals surface area contributed by atoms with Crippen LogP contribution in [-0.2, 0) is 18.6 Å². The summed E-state index contributed by atoms with van der Waals surface area (Å²) in [6.07, 6.45) is -7.48. The first-order valence-corrected chi connectivity index (χ1v) is 10.1.